The van der Waals surface area contributed by atoms with E-state index in [0.717, 1.165) is 0 Å². The molecular weight excluding hydrogens is 315 g/mol. The Bertz CT molecular complexity index is 544. The Morgan fingerprint density at radius 3 is 2.57 bits per heavy atom. The van der Waals surface area contributed by atoms with E-state index in [9.17, 15) is 22.8 Å². The number of alkyl halides is 3. The Labute approximate surface area is 131 Å². The van der Waals surface area contributed by atoms with Crippen LogP contribution in [0.4, 0.5) is 13.2 Å². The van der Waals surface area contributed by atoms with Crippen LogP contribution in [0.1, 0.15) is 19.4 Å². The van der Waals surface area contributed by atoms with Crippen LogP contribution in [0.15, 0.2) is 24.3 Å². The van der Waals surface area contributed by atoms with E-state index >= 15 is 0 Å². The predicted molar refractivity (Wildman–Crippen MR) is 75.9 cm³/mol. The van der Waals surface area contributed by atoms with Crippen molar-refractivity contribution in [2.75, 3.05) is 13.2 Å². The first-order valence-electron chi connectivity index (χ1n) is 6.90. The molecule has 1 N–H and O–H groups in total. The Kier molecular flexibility index (Phi) is 6.87. The van der Waals surface area contributed by atoms with E-state index in [4.69, 9.17) is 4.74 Å². The Hall–Kier alpha value is -2.25. The number of hydrogen-bond donors (Lipinski definition) is 1. The van der Waals surface area contributed by atoms with Gasteiger partial charge >= 0.3 is 12.1 Å². The summed E-state index contributed by atoms with van der Waals surface area (Å²) < 4.78 is 45.8. The van der Waals surface area contributed by atoms with Gasteiger partial charge < -0.3 is 14.8 Å². The number of esters is 1. The normalized spacial score (nSPS) is 11.2. The van der Waals surface area contributed by atoms with Crippen molar-refractivity contribution in [1.29, 1.82) is 0 Å². The molecule has 1 rings (SSSR count). The molecule has 1 aromatic carbocycles. The van der Waals surface area contributed by atoms with Crippen LogP contribution in [0.5, 0.6) is 5.75 Å². The van der Waals surface area contributed by atoms with Gasteiger partial charge in [-0.1, -0.05) is 12.1 Å². The number of nitrogens with one attached hydrogen (secondary N) is 1. The number of amides is 1. The van der Waals surface area contributed by atoms with E-state index in [1.54, 1.807) is 29.6 Å². The van der Waals surface area contributed by atoms with Gasteiger partial charge in [0.25, 0.3) is 5.91 Å². The van der Waals surface area contributed by atoms with Crippen LogP contribution >= 0.6 is 0 Å². The Balaban J connectivity index is 2.40. The molecule has 0 aliphatic carbocycles. The highest BCUT2D eigenvalue weighted by Gasteiger charge is 2.27. The van der Waals surface area contributed by atoms with Crippen molar-refractivity contribution in [2.45, 2.75) is 32.5 Å². The molecule has 23 heavy (non-hydrogen) atoms. The van der Waals surface area contributed by atoms with Gasteiger partial charge in [-0.05, 0) is 31.5 Å². The van der Waals surface area contributed by atoms with Crippen molar-refractivity contribution in [3.63, 3.8) is 0 Å². The largest absolute Gasteiger partial charge is 0.491 e. The van der Waals surface area contributed by atoms with Crippen LogP contribution in [-0.4, -0.2) is 37.3 Å². The summed E-state index contributed by atoms with van der Waals surface area (Å²) in [6, 6.07) is 6.78. The zero-order valence-corrected chi connectivity index (χ0v) is 12.8. The molecule has 1 aromatic rings. The third-order valence-electron chi connectivity index (χ3n) is 2.47. The van der Waals surface area contributed by atoms with Gasteiger partial charge in [-0.15, -0.1) is 0 Å². The molecule has 0 spiro atoms. The SMILES string of the molecule is CC(C)Oc1cccc(CC(=O)OCC(=O)NCC(F)(F)F)c1. The van der Waals surface area contributed by atoms with Crippen LogP contribution in [0.25, 0.3) is 0 Å². The maximum absolute atomic E-state index is 11.9. The summed E-state index contributed by atoms with van der Waals surface area (Å²) >= 11 is 0. The number of rotatable bonds is 7. The van der Waals surface area contributed by atoms with Gasteiger partial charge in [0, 0.05) is 0 Å². The van der Waals surface area contributed by atoms with Crippen LogP contribution in [0, 0.1) is 0 Å². The van der Waals surface area contributed by atoms with E-state index in [2.05, 4.69) is 4.74 Å². The number of hydrogen-bond acceptors (Lipinski definition) is 4. The highest BCUT2D eigenvalue weighted by atomic mass is 19.4. The zero-order valence-electron chi connectivity index (χ0n) is 12.8. The number of halogens is 3. The van der Waals surface area contributed by atoms with Crippen molar-refractivity contribution in [2.24, 2.45) is 0 Å². The van der Waals surface area contributed by atoms with Crippen LogP contribution in [0.2, 0.25) is 0 Å². The van der Waals surface area contributed by atoms with Gasteiger partial charge in [-0.2, -0.15) is 13.2 Å². The summed E-state index contributed by atoms with van der Waals surface area (Å²) in [7, 11) is 0. The molecule has 0 aliphatic heterocycles. The molecule has 0 atom stereocenters. The fourth-order valence-corrected chi connectivity index (χ4v) is 1.61. The molecular formula is C15H18F3NO4. The topological polar surface area (TPSA) is 64.6 Å². The maximum Gasteiger partial charge on any atom is 0.405 e. The van der Waals surface area contributed by atoms with Gasteiger partial charge in [0.15, 0.2) is 6.61 Å². The van der Waals surface area contributed by atoms with Crippen molar-refractivity contribution in [3.05, 3.63) is 29.8 Å². The minimum atomic E-state index is -4.50. The van der Waals surface area contributed by atoms with E-state index in [-0.39, 0.29) is 12.5 Å². The third kappa shape index (κ3) is 8.70. The smallest absolute Gasteiger partial charge is 0.405 e. The Morgan fingerprint density at radius 1 is 1.26 bits per heavy atom. The lowest BCUT2D eigenvalue weighted by atomic mass is 10.1. The van der Waals surface area contributed by atoms with Crippen molar-refractivity contribution in [3.8, 4) is 5.75 Å². The minimum Gasteiger partial charge on any atom is -0.491 e. The molecule has 128 valence electrons. The number of carbonyl (C=O) groups excluding carboxylic acids is 2. The van der Waals surface area contributed by atoms with E-state index in [1.165, 1.54) is 0 Å². The number of ether oxygens (including phenoxy) is 2. The first kappa shape index (κ1) is 18.8. The average molecular weight is 333 g/mol. The maximum atomic E-state index is 11.9. The van der Waals surface area contributed by atoms with E-state index in [0.29, 0.717) is 11.3 Å². The summed E-state index contributed by atoms with van der Waals surface area (Å²) in [5.41, 5.74) is 0.615. The van der Waals surface area contributed by atoms with E-state index < -0.39 is 31.2 Å². The van der Waals surface area contributed by atoms with Crippen LogP contribution in [0.3, 0.4) is 0 Å². The second kappa shape index (κ2) is 8.40. The monoisotopic (exact) mass is 333 g/mol. The molecule has 1 amide bonds. The molecule has 0 bridgehead atoms. The first-order chi connectivity index (χ1) is 10.7. The fourth-order valence-electron chi connectivity index (χ4n) is 1.61. The number of benzene rings is 1. The average Bonchev–Trinajstić information content (AvgIpc) is 2.42. The molecule has 0 radical (unpaired) electrons. The van der Waals surface area contributed by atoms with Gasteiger partial charge in [0.05, 0.1) is 12.5 Å². The summed E-state index contributed by atoms with van der Waals surface area (Å²) in [5.74, 6) is -1.13. The fraction of sp³-hybridized carbons (Fsp3) is 0.467. The zero-order chi connectivity index (χ0) is 17.5. The second-order valence-electron chi connectivity index (χ2n) is 5.04. The quantitative estimate of drug-likeness (QED) is 0.777. The van der Waals surface area contributed by atoms with Gasteiger partial charge in [-0.3, -0.25) is 9.59 Å². The lowest BCUT2D eigenvalue weighted by Crippen LogP contribution is -2.36. The van der Waals surface area contributed by atoms with Gasteiger partial charge in [0.1, 0.15) is 12.3 Å². The summed E-state index contributed by atoms with van der Waals surface area (Å²) in [5, 5.41) is 1.61. The summed E-state index contributed by atoms with van der Waals surface area (Å²) in [6.45, 7) is 1.51. The predicted octanol–water partition coefficient (Wildman–Crippen LogP) is 2.24. The summed E-state index contributed by atoms with van der Waals surface area (Å²) in [6.07, 6.45) is -4.63. The van der Waals surface area contributed by atoms with Crippen molar-refractivity contribution < 1.29 is 32.2 Å². The standard InChI is InChI=1S/C15H18F3NO4/c1-10(2)23-12-5-3-4-11(6-12)7-14(21)22-8-13(20)19-9-15(16,17)18/h3-6,10H,7-9H2,1-2H3,(H,19,20). The Morgan fingerprint density at radius 2 is 1.96 bits per heavy atom. The molecule has 0 saturated carbocycles. The number of carbonyl (C=O) groups is 2. The molecule has 5 nitrogen and oxygen atoms in total. The van der Waals surface area contributed by atoms with Gasteiger partial charge in [0.2, 0.25) is 0 Å². The lowest BCUT2D eigenvalue weighted by Gasteiger charge is -2.11. The van der Waals surface area contributed by atoms with Crippen molar-refractivity contribution >= 4 is 11.9 Å². The lowest BCUT2D eigenvalue weighted by molar-refractivity contribution is -0.150. The molecule has 0 fully saturated rings. The highest BCUT2D eigenvalue weighted by molar-refractivity contribution is 5.81. The van der Waals surface area contributed by atoms with Gasteiger partial charge in [-0.25, -0.2) is 0 Å². The minimum absolute atomic E-state index is 0.0190. The molecule has 0 aromatic heterocycles. The van der Waals surface area contributed by atoms with Crippen LogP contribution < -0.4 is 10.1 Å². The molecule has 0 saturated heterocycles. The van der Waals surface area contributed by atoms with E-state index in [1.807, 2.05) is 13.8 Å². The summed E-state index contributed by atoms with van der Waals surface area (Å²) in [4.78, 5) is 22.7. The molecule has 0 heterocycles. The first-order valence-corrected chi connectivity index (χ1v) is 6.90. The highest BCUT2D eigenvalue weighted by Crippen LogP contribution is 2.15. The van der Waals surface area contributed by atoms with Crippen molar-refractivity contribution in [1.82, 2.24) is 5.32 Å². The third-order valence-corrected chi connectivity index (χ3v) is 2.47. The molecule has 0 unspecified atom stereocenters. The molecule has 0 aliphatic rings. The van der Waals surface area contributed by atoms with Crippen LogP contribution in [-0.2, 0) is 20.7 Å². The molecule has 8 heteroatoms. The second-order valence-corrected chi connectivity index (χ2v) is 5.04.